The maximum Gasteiger partial charge on any atom is 0.266 e. The molecule has 1 amide bonds. The SMILES string of the molecule is N#C/C(=C\c1cc(Cl)c(OCc2ccc(Br)cc2)c(Br)c1)C(=O)Nc1cccc(Cl)c1. The minimum absolute atomic E-state index is 0.0773. The molecule has 0 aliphatic rings. The normalized spacial score (nSPS) is 11.0. The van der Waals surface area contributed by atoms with Gasteiger partial charge in [-0.15, -0.1) is 0 Å². The molecule has 3 rings (SSSR count). The Balaban J connectivity index is 1.76. The lowest BCUT2D eigenvalue weighted by Gasteiger charge is -2.11. The Morgan fingerprint density at radius 3 is 2.48 bits per heavy atom. The fourth-order valence-corrected chi connectivity index (χ4v) is 4.06. The van der Waals surface area contributed by atoms with E-state index in [1.807, 2.05) is 30.3 Å². The van der Waals surface area contributed by atoms with Crippen LogP contribution in [-0.4, -0.2) is 5.91 Å². The Morgan fingerprint density at radius 2 is 1.84 bits per heavy atom. The van der Waals surface area contributed by atoms with E-state index in [-0.39, 0.29) is 5.57 Å². The number of rotatable bonds is 6. The van der Waals surface area contributed by atoms with Crippen LogP contribution in [0.25, 0.3) is 6.08 Å². The monoisotopic (exact) mass is 578 g/mol. The van der Waals surface area contributed by atoms with Gasteiger partial charge in [0.25, 0.3) is 5.91 Å². The summed E-state index contributed by atoms with van der Waals surface area (Å²) in [4.78, 5) is 12.5. The predicted molar refractivity (Wildman–Crippen MR) is 131 cm³/mol. The molecule has 3 aromatic rings. The summed E-state index contributed by atoms with van der Waals surface area (Å²) in [6, 6.07) is 19.7. The molecule has 0 saturated heterocycles. The van der Waals surface area contributed by atoms with E-state index in [0.717, 1.165) is 10.0 Å². The highest BCUT2D eigenvalue weighted by Crippen LogP contribution is 2.35. The van der Waals surface area contributed by atoms with Crippen molar-refractivity contribution in [2.24, 2.45) is 0 Å². The Labute approximate surface area is 206 Å². The molecule has 0 radical (unpaired) electrons. The summed E-state index contributed by atoms with van der Waals surface area (Å²) in [7, 11) is 0. The van der Waals surface area contributed by atoms with Crippen molar-refractivity contribution >= 4 is 72.7 Å². The van der Waals surface area contributed by atoms with Gasteiger partial charge in [0.1, 0.15) is 18.2 Å². The second-order valence-electron chi connectivity index (χ2n) is 6.36. The van der Waals surface area contributed by atoms with E-state index in [2.05, 4.69) is 37.2 Å². The van der Waals surface area contributed by atoms with Crippen molar-refractivity contribution in [3.8, 4) is 11.8 Å². The second-order valence-corrected chi connectivity index (χ2v) is 8.98. The first-order chi connectivity index (χ1) is 14.9. The molecular formula is C23H14Br2Cl2N2O2. The Bertz CT molecular complexity index is 1170. The van der Waals surface area contributed by atoms with Crippen molar-refractivity contribution in [3.63, 3.8) is 0 Å². The Kier molecular flexibility index (Phi) is 8.16. The number of ether oxygens (including phenoxy) is 1. The molecule has 1 N–H and O–H groups in total. The number of amides is 1. The van der Waals surface area contributed by atoms with Gasteiger partial charge in [-0.05, 0) is 75.6 Å². The number of halogens is 4. The fraction of sp³-hybridized carbons (Fsp3) is 0.0435. The van der Waals surface area contributed by atoms with E-state index < -0.39 is 5.91 Å². The molecule has 0 bridgehead atoms. The van der Waals surface area contributed by atoms with Crippen molar-refractivity contribution in [3.05, 3.63) is 96.4 Å². The molecule has 0 aliphatic carbocycles. The summed E-state index contributed by atoms with van der Waals surface area (Å²) in [5.74, 6) is -0.0730. The third kappa shape index (κ3) is 6.59. The zero-order chi connectivity index (χ0) is 22.4. The van der Waals surface area contributed by atoms with Crippen molar-refractivity contribution in [2.75, 3.05) is 5.32 Å². The molecular weight excluding hydrogens is 567 g/mol. The number of anilines is 1. The maximum absolute atomic E-state index is 12.5. The van der Waals surface area contributed by atoms with Gasteiger partial charge in [-0.3, -0.25) is 4.79 Å². The summed E-state index contributed by atoms with van der Waals surface area (Å²) in [5.41, 5.74) is 1.98. The molecule has 0 fully saturated rings. The molecule has 0 saturated carbocycles. The van der Waals surface area contributed by atoms with Crippen LogP contribution < -0.4 is 10.1 Å². The van der Waals surface area contributed by atoms with Crippen LogP contribution in [0.15, 0.2) is 75.2 Å². The zero-order valence-corrected chi connectivity index (χ0v) is 20.5. The average molecular weight is 581 g/mol. The molecule has 3 aromatic carbocycles. The number of hydrogen-bond donors (Lipinski definition) is 1. The number of nitriles is 1. The van der Waals surface area contributed by atoms with Gasteiger partial charge < -0.3 is 10.1 Å². The molecule has 0 heterocycles. The molecule has 0 spiro atoms. The Morgan fingerprint density at radius 1 is 1.10 bits per heavy atom. The minimum Gasteiger partial charge on any atom is -0.486 e. The largest absolute Gasteiger partial charge is 0.486 e. The smallest absolute Gasteiger partial charge is 0.266 e. The molecule has 156 valence electrons. The first-order valence-corrected chi connectivity index (χ1v) is 11.2. The lowest BCUT2D eigenvalue weighted by Crippen LogP contribution is -2.13. The molecule has 31 heavy (non-hydrogen) atoms. The van der Waals surface area contributed by atoms with Crippen molar-refractivity contribution in [2.45, 2.75) is 6.61 Å². The fourth-order valence-electron chi connectivity index (χ4n) is 2.62. The first kappa shape index (κ1) is 23.4. The number of nitrogens with one attached hydrogen (secondary N) is 1. The molecule has 0 aromatic heterocycles. The number of hydrogen-bond acceptors (Lipinski definition) is 3. The van der Waals surface area contributed by atoms with Gasteiger partial charge in [-0.1, -0.05) is 57.3 Å². The van der Waals surface area contributed by atoms with Crippen molar-refractivity contribution < 1.29 is 9.53 Å². The molecule has 0 unspecified atom stereocenters. The third-order valence-corrected chi connectivity index (χ3v) is 5.71. The summed E-state index contributed by atoms with van der Waals surface area (Å²) in [6.07, 6.45) is 1.45. The van der Waals surface area contributed by atoms with Crippen LogP contribution in [0.2, 0.25) is 10.0 Å². The topological polar surface area (TPSA) is 62.1 Å². The van der Waals surface area contributed by atoms with Crippen LogP contribution in [0.4, 0.5) is 5.69 Å². The Hall–Kier alpha value is -2.30. The average Bonchev–Trinajstić information content (AvgIpc) is 2.72. The van der Waals surface area contributed by atoms with Crippen molar-refractivity contribution in [1.82, 2.24) is 0 Å². The van der Waals surface area contributed by atoms with Crippen molar-refractivity contribution in [1.29, 1.82) is 5.26 Å². The lowest BCUT2D eigenvalue weighted by molar-refractivity contribution is -0.112. The molecule has 0 atom stereocenters. The van der Waals surface area contributed by atoms with Crippen LogP contribution in [0, 0.1) is 11.3 Å². The van der Waals surface area contributed by atoms with Gasteiger partial charge >= 0.3 is 0 Å². The molecule has 0 aliphatic heterocycles. The van der Waals surface area contributed by atoms with Crippen LogP contribution in [0.3, 0.4) is 0 Å². The van der Waals surface area contributed by atoms with Gasteiger partial charge in [-0.25, -0.2) is 0 Å². The van der Waals surface area contributed by atoms with E-state index in [1.54, 1.807) is 36.4 Å². The third-order valence-electron chi connectivity index (χ3n) is 4.08. The highest BCUT2D eigenvalue weighted by molar-refractivity contribution is 9.10. The second kappa shape index (κ2) is 10.8. The van der Waals surface area contributed by atoms with E-state index in [1.165, 1.54) is 6.08 Å². The van der Waals surface area contributed by atoms with Crippen LogP contribution in [0.5, 0.6) is 5.75 Å². The quantitative estimate of drug-likeness (QED) is 0.241. The van der Waals surface area contributed by atoms with Crippen LogP contribution in [0.1, 0.15) is 11.1 Å². The van der Waals surface area contributed by atoms with Gasteiger partial charge in [0, 0.05) is 15.2 Å². The van der Waals surface area contributed by atoms with Gasteiger partial charge in [0.15, 0.2) is 5.75 Å². The highest BCUT2D eigenvalue weighted by Gasteiger charge is 2.13. The zero-order valence-electron chi connectivity index (χ0n) is 15.8. The van der Waals surface area contributed by atoms with Gasteiger partial charge in [0.05, 0.1) is 9.50 Å². The number of carbonyl (C=O) groups excluding carboxylic acids is 1. The summed E-state index contributed by atoms with van der Waals surface area (Å²) in [6.45, 7) is 0.340. The van der Waals surface area contributed by atoms with Gasteiger partial charge in [-0.2, -0.15) is 5.26 Å². The summed E-state index contributed by atoms with van der Waals surface area (Å²) < 4.78 is 7.44. The molecule has 4 nitrogen and oxygen atoms in total. The minimum atomic E-state index is -0.549. The maximum atomic E-state index is 12.5. The highest BCUT2D eigenvalue weighted by atomic mass is 79.9. The number of nitrogens with zero attached hydrogens (tertiary/aromatic N) is 1. The summed E-state index contributed by atoms with van der Waals surface area (Å²) >= 11 is 19.2. The summed E-state index contributed by atoms with van der Waals surface area (Å²) in [5, 5.41) is 12.9. The standard InChI is InChI=1S/C23H14Br2Cl2N2O2/c24-17-6-4-14(5-7-17)13-31-22-20(25)9-15(10-21(22)27)8-16(12-28)23(30)29-19-3-1-2-18(26)11-19/h1-11H,13H2,(H,29,30)/b16-8+. The van der Waals surface area contributed by atoms with E-state index in [9.17, 15) is 10.1 Å². The predicted octanol–water partition coefficient (Wildman–Crippen LogP) is 7.64. The van der Waals surface area contributed by atoms with E-state index >= 15 is 0 Å². The van der Waals surface area contributed by atoms with E-state index in [4.69, 9.17) is 27.9 Å². The van der Waals surface area contributed by atoms with Gasteiger partial charge in [0.2, 0.25) is 0 Å². The molecule has 8 heteroatoms. The van der Waals surface area contributed by atoms with Crippen LogP contribution >= 0.6 is 55.1 Å². The van der Waals surface area contributed by atoms with E-state index in [0.29, 0.717) is 38.1 Å². The lowest BCUT2D eigenvalue weighted by atomic mass is 10.1. The number of benzene rings is 3. The van der Waals surface area contributed by atoms with Crippen LogP contribution in [-0.2, 0) is 11.4 Å². The first-order valence-electron chi connectivity index (χ1n) is 8.90. The number of carbonyl (C=O) groups is 1.